The number of nitrogens with one attached hydrogen (secondary N) is 1. The summed E-state index contributed by atoms with van der Waals surface area (Å²) in [6.45, 7) is 17.0. The van der Waals surface area contributed by atoms with Gasteiger partial charge in [0.25, 0.3) is 0 Å². The van der Waals surface area contributed by atoms with Crippen LogP contribution in [0.25, 0.3) is 0 Å². The van der Waals surface area contributed by atoms with E-state index in [1.165, 1.54) is 0 Å². The summed E-state index contributed by atoms with van der Waals surface area (Å²) in [4.78, 5) is 16.5. The number of allylic oxidation sites excluding steroid dienone is 3. The average Bonchev–Trinajstić information content (AvgIpc) is 3.17. The van der Waals surface area contributed by atoms with Crippen molar-refractivity contribution < 1.29 is 19.0 Å². The summed E-state index contributed by atoms with van der Waals surface area (Å²) in [5.41, 5.74) is 3.34. The maximum Gasteiger partial charge on any atom is 0.243 e. The molecule has 1 N–H and O–H groups in total. The fourth-order valence-electron chi connectivity index (χ4n) is 5.21. The molecule has 6 heteroatoms. The molecular weight excluding hydrogens is 476 g/mol. The van der Waals surface area contributed by atoms with E-state index < -0.39 is 5.41 Å². The lowest BCUT2D eigenvalue weighted by atomic mass is 9.68. The molecule has 2 heterocycles. The van der Waals surface area contributed by atoms with Crippen LogP contribution in [0.3, 0.4) is 0 Å². The highest BCUT2D eigenvalue weighted by Crippen LogP contribution is 2.49. The van der Waals surface area contributed by atoms with Crippen LogP contribution in [0, 0.1) is 0 Å². The first-order valence-electron chi connectivity index (χ1n) is 13.3. The molecule has 38 heavy (non-hydrogen) atoms. The molecule has 2 aliphatic rings. The number of benzene rings is 2. The first-order chi connectivity index (χ1) is 18.2. The third-order valence-electron chi connectivity index (χ3n) is 7.50. The predicted molar refractivity (Wildman–Crippen MR) is 152 cm³/mol. The second kappa shape index (κ2) is 11.6. The topological polar surface area (TPSA) is 60.0 Å². The summed E-state index contributed by atoms with van der Waals surface area (Å²) in [7, 11) is 1.64. The number of carbonyl (C=O) groups excluding carboxylic acids is 1. The Bertz CT molecular complexity index is 1220. The summed E-state index contributed by atoms with van der Waals surface area (Å²) in [5, 5.41) is 3.15. The van der Waals surface area contributed by atoms with Gasteiger partial charge < -0.3 is 19.5 Å². The number of morpholine rings is 1. The maximum absolute atomic E-state index is 14.1. The van der Waals surface area contributed by atoms with Crippen LogP contribution < -0.4 is 14.8 Å². The number of hydrogen-bond donors (Lipinski definition) is 1. The molecule has 1 atom stereocenters. The van der Waals surface area contributed by atoms with E-state index in [1.807, 2.05) is 49.4 Å². The molecule has 0 aromatic heterocycles. The molecule has 0 aliphatic carbocycles. The number of carbonyl (C=O) groups is 1. The first-order valence-corrected chi connectivity index (χ1v) is 13.3. The van der Waals surface area contributed by atoms with Crippen LogP contribution in [0.15, 0.2) is 78.5 Å². The second-order valence-electron chi connectivity index (χ2n) is 10.8. The molecule has 0 radical (unpaired) electrons. The number of amides is 1. The standard InChI is InChI=1S/C32H40N2O4/c1-7-8-9-28-23(2)32(30(35)33-28,24-10-13-26(36-6)14-11-24)27-22-25(31(3,4)5)12-15-29(27)38-21-18-34-16-19-37-20-17-34/h7-15,22H,1,16-21H2,2-6H3,(H,33,35)/b9-8-. The van der Waals surface area contributed by atoms with Crippen molar-refractivity contribution in [2.24, 2.45) is 0 Å². The van der Waals surface area contributed by atoms with E-state index in [1.54, 1.807) is 13.2 Å². The van der Waals surface area contributed by atoms with Crippen LogP contribution >= 0.6 is 0 Å². The minimum absolute atomic E-state index is 0.104. The first kappa shape index (κ1) is 27.7. The molecule has 2 aromatic carbocycles. The largest absolute Gasteiger partial charge is 0.497 e. The Hall–Kier alpha value is -3.35. The van der Waals surface area contributed by atoms with Gasteiger partial charge in [-0.2, -0.15) is 0 Å². The van der Waals surface area contributed by atoms with E-state index >= 15 is 0 Å². The zero-order valence-electron chi connectivity index (χ0n) is 23.3. The molecule has 2 aromatic rings. The Kier molecular flexibility index (Phi) is 8.44. The smallest absolute Gasteiger partial charge is 0.243 e. The van der Waals surface area contributed by atoms with Gasteiger partial charge in [-0.15, -0.1) is 0 Å². The van der Waals surface area contributed by atoms with Gasteiger partial charge >= 0.3 is 0 Å². The van der Waals surface area contributed by atoms with Crippen LogP contribution in [0.5, 0.6) is 11.5 Å². The average molecular weight is 517 g/mol. The Balaban J connectivity index is 1.87. The molecule has 0 bridgehead atoms. The van der Waals surface area contributed by atoms with Gasteiger partial charge in [0.15, 0.2) is 0 Å². The van der Waals surface area contributed by atoms with Crippen molar-refractivity contribution in [1.82, 2.24) is 10.2 Å². The lowest BCUT2D eigenvalue weighted by Gasteiger charge is -2.33. The summed E-state index contributed by atoms with van der Waals surface area (Å²) in [6, 6.07) is 14.0. The fourth-order valence-corrected chi connectivity index (χ4v) is 5.21. The Labute approximate surface area is 227 Å². The maximum atomic E-state index is 14.1. The van der Waals surface area contributed by atoms with Gasteiger partial charge in [-0.05, 0) is 59.4 Å². The molecule has 1 fully saturated rings. The fraction of sp³-hybridized carbons (Fsp3) is 0.406. The van der Waals surface area contributed by atoms with Crippen molar-refractivity contribution in [3.8, 4) is 11.5 Å². The van der Waals surface area contributed by atoms with Gasteiger partial charge in [0.05, 0.1) is 20.3 Å². The minimum Gasteiger partial charge on any atom is -0.497 e. The highest BCUT2D eigenvalue weighted by molar-refractivity contribution is 6.01. The van der Waals surface area contributed by atoms with Crippen LogP contribution in [-0.2, 0) is 20.4 Å². The third kappa shape index (κ3) is 5.42. The summed E-state index contributed by atoms with van der Waals surface area (Å²) >= 11 is 0. The van der Waals surface area contributed by atoms with Crippen molar-refractivity contribution in [2.75, 3.05) is 46.6 Å². The number of ether oxygens (including phenoxy) is 3. The van der Waals surface area contributed by atoms with Crippen molar-refractivity contribution in [3.05, 3.63) is 95.2 Å². The van der Waals surface area contributed by atoms with Gasteiger partial charge in [-0.3, -0.25) is 9.69 Å². The molecule has 0 spiro atoms. The van der Waals surface area contributed by atoms with Crippen LogP contribution in [0.4, 0.5) is 0 Å². The quantitative estimate of drug-likeness (QED) is 0.468. The molecule has 6 nitrogen and oxygen atoms in total. The van der Waals surface area contributed by atoms with E-state index in [-0.39, 0.29) is 11.3 Å². The van der Waals surface area contributed by atoms with Gasteiger partial charge in [-0.25, -0.2) is 0 Å². The van der Waals surface area contributed by atoms with Gasteiger partial charge in [-0.1, -0.05) is 57.7 Å². The van der Waals surface area contributed by atoms with Crippen molar-refractivity contribution in [3.63, 3.8) is 0 Å². The molecule has 2 aliphatic heterocycles. The molecular formula is C32H40N2O4. The van der Waals surface area contributed by atoms with E-state index in [0.29, 0.717) is 12.4 Å². The Morgan fingerprint density at radius 2 is 1.84 bits per heavy atom. The SMILES string of the molecule is C=C/C=C\C1=C(C)C(c2ccc(OC)cc2)(c2cc(C(C)(C)C)ccc2OCCN2CCOCC2)C(=O)N1. The van der Waals surface area contributed by atoms with Crippen LogP contribution in [-0.4, -0.2) is 57.4 Å². The number of hydrogen-bond acceptors (Lipinski definition) is 5. The number of nitrogens with zero attached hydrogens (tertiary/aromatic N) is 1. The van der Waals surface area contributed by atoms with Gasteiger partial charge in [0, 0.05) is 30.9 Å². The summed E-state index contributed by atoms with van der Waals surface area (Å²) in [6.07, 6.45) is 5.45. The number of rotatable bonds is 9. The van der Waals surface area contributed by atoms with Crippen LogP contribution in [0.2, 0.25) is 0 Å². The molecule has 0 saturated carbocycles. The molecule has 4 rings (SSSR count). The Morgan fingerprint density at radius 3 is 2.47 bits per heavy atom. The van der Waals surface area contributed by atoms with Crippen molar-refractivity contribution in [1.29, 1.82) is 0 Å². The van der Waals surface area contributed by atoms with E-state index in [4.69, 9.17) is 14.2 Å². The summed E-state index contributed by atoms with van der Waals surface area (Å²) in [5.74, 6) is 1.35. The van der Waals surface area contributed by atoms with E-state index in [9.17, 15) is 4.79 Å². The van der Waals surface area contributed by atoms with E-state index in [0.717, 1.165) is 66.6 Å². The molecule has 1 amide bonds. The lowest BCUT2D eigenvalue weighted by Crippen LogP contribution is -2.40. The van der Waals surface area contributed by atoms with Gasteiger partial charge in [0.1, 0.15) is 23.5 Å². The van der Waals surface area contributed by atoms with Crippen LogP contribution in [0.1, 0.15) is 44.4 Å². The van der Waals surface area contributed by atoms with Gasteiger partial charge in [0.2, 0.25) is 5.91 Å². The highest BCUT2D eigenvalue weighted by atomic mass is 16.5. The minimum atomic E-state index is -1.07. The Morgan fingerprint density at radius 1 is 1.13 bits per heavy atom. The monoisotopic (exact) mass is 516 g/mol. The predicted octanol–water partition coefficient (Wildman–Crippen LogP) is 5.14. The number of methoxy groups -OCH3 is 1. The van der Waals surface area contributed by atoms with Crippen molar-refractivity contribution in [2.45, 2.75) is 38.5 Å². The van der Waals surface area contributed by atoms with E-state index in [2.05, 4.69) is 49.7 Å². The highest BCUT2D eigenvalue weighted by Gasteiger charge is 2.51. The zero-order valence-corrected chi connectivity index (χ0v) is 23.3. The normalized spacial score (nSPS) is 20.6. The zero-order chi connectivity index (χ0) is 27.3. The molecule has 1 unspecified atom stereocenters. The summed E-state index contributed by atoms with van der Waals surface area (Å²) < 4.78 is 17.4. The second-order valence-corrected chi connectivity index (χ2v) is 10.8. The lowest BCUT2D eigenvalue weighted by molar-refractivity contribution is -0.122. The third-order valence-corrected chi connectivity index (χ3v) is 7.50. The molecule has 202 valence electrons. The van der Waals surface area contributed by atoms with Crippen molar-refractivity contribution >= 4 is 5.91 Å². The molecule has 1 saturated heterocycles.